The Morgan fingerprint density at radius 3 is 2.39 bits per heavy atom. The summed E-state index contributed by atoms with van der Waals surface area (Å²) < 4.78 is 13.5. The summed E-state index contributed by atoms with van der Waals surface area (Å²) in [7, 11) is 0. The predicted octanol–water partition coefficient (Wildman–Crippen LogP) is 3.79. The van der Waals surface area contributed by atoms with Gasteiger partial charge in [-0.3, -0.25) is 0 Å². The van der Waals surface area contributed by atoms with E-state index in [0.29, 0.717) is 12.0 Å². The second-order valence-electron chi connectivity index (χ2n) is 4.18. The lowest BCUT2D eigenvalue weighted by Crippen LogP contribution is -2.14. The van der Waals surface area contributed by atoms with Crippen LogP contribution in [0.25, 0.3) is 0 Å². The average molecular weight is 261 g/mol. The lowest BCUT2D eigenvalue weighted by atomic mass is 9.99. The van der Waals surface area contributed by atoms with E-state index in [1.807, 2.05) is 36.6 Å². The minimum absolute atomic E-state index is 0.169. The summed E-state index contributed by atoms with van der Waals surface area (Å²) in [5.74, 6) is -0.186. The van der Waals surface area contributed by atoms with E-state index in [2.05, 4.69) is 0 Å². The van der Waals surface area contributed by atoms with Crippen molar-refractivity contribution in [3.05, 3.63) is 65.5 Å². The van der Waals surface area contributed by atoms with Gasteiger partial charge in [0.25, 0.3) is 0 Å². The van der Waals surface area contributed by atoms with Crippen molar-refractivity contribution in [2.24, 2.45) is 5.73 Å². The Labute approximate surface area is 111 Å². The van der Waals surface area contributed by atoms with Crippen LogP contribution in [0.5, 0.6) is 0 Å². The van der Waals surface area contributed by atoms with E-state index in [1.54, 1.807) is 23.9 Å². The van der Waals surface area contributed by atoms with Crippen molar-refractivity contribution in [2.45, 2.75) is 17.4 Å². The summed E-state index contributed by atoms with van der Waals surface area (Å²) in [4.78, 5) is 1.21. The van der Waals surface area contributed by atoms with Crippen LogP contribution in [-0.4, -0.2) is 6.26 Å². The highest BCUT2D eigenvalue weighted by molar-refractivity contribution is 7.98. The smallest absolute Gasteiger partial charge is 0.126 e. The van der Waals surface area contributed by atoms with Gasteiger partial charge in [-0.2, -0.15) is 0 Å². The number of halogens is 1. The number of hydrogen-bond acceptors (Lipinski definition) is 2. The molecule has 0 spiro atoms. The molecule has 2 aromatic carbocycles. The van der Waals surface area contributed by atoms with Gasteiger partial charge in [0.15, 0.2) is 0 Å². The van der Waals surface area contributed by atoms with E-state index in [0.717, 1.165) is 5.56 Å². The van der Waals surface area contributed by atoms with Crippen molar-refractivity contribution in [1.82, 2.24) is 0 Å². The van der Waals surface area contributed by atoms with Gasteiger partial charge >= 0.3 is 0 Å². The largest absolute Gasteiger partial charge is 0.324 e. The quantitative estimate of drug-likeness (QED) is 0.847. The number of benzene rings is 2. The van der Waals surface area contributed by atoms with Gasteiger partial charge in [-0.05, 0) is 42.0 Å². The molecule has 0 aliphatic heterocycles. The molecule has 0 fully saturated rings. The molecular weight excluding hydrogens is 245 g/mol. The summed E-state index contributed by atoms with van der Waals surface area (Å²) in [5.41, 5.74) is 7.82. The van der Waals surface area contributed by atoms with Gasteiger partial charge in [0, 0.05) is 10.9 Å². The highest BCUT2D eigenvalue weighted by atomic mass is 32.2. The maximum Gasteiger partial charge on any atom is 0.126 e. The summed E-state index contributed by atoms with van der Waals surface area (Å²) >= 11 is 1.69. The molecule has 2 rings (SSSR count). The van der Waals surface area contributed by atoms with Crippen LogP contribution in [0.4, 0.5) is 4.39 Å². The average Bonchev–Trinajstić information content (AvgIpc) is 2.41. The zero-order chi connectivity index (χ0) is 13.0. The molecule has 0 amide bonds. The third-order valence-electron chi connectivity index (χ3n) is 2.94. The molecule has 0 bridgehead atoms. The Hall–Kier alpha value is -1.32. The van der Waals surface area contributed by atoms with Crippen LogP contribution in [0, 0.1) is 5.82 Å². The molecule has 18 heavy (non-hydrogen) atoms. The zero-order valence-corrected chi connectivity index (χ0v) is 11.1. The van der Waals surface area contributed by atoms with Gasteiger partial charge in [0.2, 0.25) is 0 Å². The van der Waals surface area contributed by atoms with Crippen molar-refractivity contribution in [2.75, 3.05) is 6.26 Å². The lowest BCUT2D eigenvalue weighted by Gasteiger charge is -2.13. The number of hydrogen-bond donors (Lipinski definition) is 1. The van der Waals surface area contributed by atoms with Crippen LogP contribution in [0.3, 0.4) is 0 Å². The molecule has 1 atom stereocenters. The first-order valence-corrected chi connectivity index (χ1v) is 7.06. The molecule has 0 aliphatic carbocycles. The van der Waals surface area contributed by atoms with Crippen molar-refractivity contribution >= 4 is 11.8 Å². The van der Waals surface area contributed by atoms with Crippen LogP contribution < -0.4 is 5.73 Å². The number of thioether (sulfide) groups is 1. The maximum atomic E-state index is 13.5. The Morgan fingerprint density at radius 2 is 1.78 bits per heavy atom. The standard InChI is InChI=1S/C15H16FNS/c1-18-13-8-6-11(7-9-13)15(17)10-12-4-2-3-5-14(12)16/h2-9,15H,10,17H2,1H3. The summed E-state index contributed by atoms with van der Waals surface area (Å²) in [5, 5.41) is 0. The molecule has 0 aliphatic rings. The van der Waals surface area contributed by atoms with E-state index in [9.17, 15) is 4.39 Å². The van der Waals surface area contributed by atoms with Gasteiger partial charge in [-0.25, -0.2) is 4.39 Å². The van der Waals surface area contributed by atoms with Crippen molar-refractivity contribution < 1.29 is 4.39 Å². The molecule has 3 heteroatoms. The van der Waals surface area contributed by atoms with Gasteiger partial charge in [0.05, 0.1) is 0 Å². The third-order valence-corrected chi connectivity index (χ3v) is 3.69. The number of rotatable bonds is 4. The molecule has 2 N–H and O–H groups in total. The minimum Gasteiger partial charge on any atom is -0.324 e. The van der Waals surface area contributed by atoms with Gasteiger partial charge in [-0.15, -0.1) is 11.8 Å². The first-order valence-electron chi connectivity index (χ1n) is 5.83. The Kier molecular flexibility index (Phi) is 4.39. The van der Waals surface area contributed by atoms with E-state index < -0.39 is 0 Å². The molecule has 0 saturated carbocycles. The highest BCUT2D eigenvalue weighted by Crippen LogP contribution is 2.21. The fraction of sp³-hybridized carbons (Fsp3) is 0.200. The monoisotopic (exact) mass is 261 g/mol. The van der Waals surface area contributed by atoms with E-state index in [-0.39, 0.29) is 11.9 Å². The number of nitrogens with two attached hydrogens (primary N) is 1. The Bertz CT molecular complexity index is 510. The van der Waals surface area contributed by atoms with Crippen LogP contribution in [0.15, 0.2) is 53.4 Å². The molecule has 0 heterocycles. The molecule has 0 saturated heterocycles. The van der Waals surface area contributed by atoms with Crippen LogP contribution in [0.2, 0.25) is 0 Å². The molecule has 94 valence electrons. The Morgan fingerprint density at radius 1 is 1.11 bits per heavy atom. The SMILES string of the molecule is CSc1ccc(C(N)Cc2ccccc2F)cc1. The summed E-state index contributed by atoms with van der Waals surface area (Å²) in [6.45, 7) is 0. The first-order chi connectivity index (χ1) is 8.70. The summed E-state index contributed by atoms with van der Waals surface area (Å²) in [6, 6.07) is 14.7. The second-order valence-corrected chi connectivity index (χ2v) is 5.05. The molecule has 1 nitrogen and oxygen atoms in total. The molecular formula is C15H16FNS. The van der Waals surface area contributed by atoms with E-state index >= 15 is 0 Å². The Balaban J connectivity index is 2.11. The topological polar surface area (TPSA) is 26.0 Å². The molecule has 1 unspecified atom stereocenters. The fourth-order valence-corrected chi connectivity index (χ4v) is 2.28. The van der Waals surface area contributed by atoms with E-state index in [4.69, 9.17) is 5.73 Å². The van der Waals surface area contributed by atoms with Gasteiger partial charge in [-0.1, -0.05) is 30.3 Å². The highest BCUT2D eigenvalue weighted by Gasteiger charge is 2.09. The van der Waals surface area contributed by atoms with Crippen LogP contribution in [0.1, 0.15) is 17.2 Å². The molecule has 0 radical (unpaired) electrons. The van der Waals surface area contributed by atoms with Crippen LogP contribution >= 0.6 is 11.8 Å². The summed E-state index contributed by atoms with van der Waals surface area (Å²) in [6.07, 6.45) is 2.56. The minimum atomic E-state index is -0.186. The van der Waals surface area contributed by atoms with Gasteiger partial charge < -0.3 is 5.73 Å². The third kappa shape index (κ3) is 3.12. The second kappa shape index (κ2) is 6.03. The zero-order valence-electron chi connectivity index (χ0n) is 10.3. The molecule has 2 aromatic rings. The molecule has 0 aromatic heterocycles. The van der Waals surface area contributed by atoms with Crippen molar-refractivity contribution in [3.63, 3.8) is 0 Å². The first kappa shape index (κ1) is 13.1. The van der Waals surface area contributed by atoms with Crippen LogP contribution in [-0.2, 0) is 6.42 Å². The van der Waals surface area contributed by atoms with Gasteiger partial charge in [0.1, 0.15) is 5.82 Å². The lowest BCUT2D eigenvalue weighted by molar-refractivity contribution is 0.593. The van der Waals surface area contributed by atoms with Crippen molar-refractivity contribution in [3.8, 4) is 0 Å². The predicted molar refractivity (Wildman–Crippen MR) is 75.3 cm³/mol. The fourth-order valence-electron chi connectivity index (χ4n) is 1.87. The van der Waals surface area contributed by atoms with E-state index in [1.165, 1.54) is 11.0 Å². The maximum absolute atomic E-state index is 13.5. The normalized spacial score (nSPS) is 12.4. The van der Waals surface area contributed by atoms with Crippen molar-refractivity contribution in [1.29, 1.82) is 0 Å².